The molecule has 1 saturated carbocycles. The fourth-order valence-electron chi connectivity index (χ4n) is 2.66. The summed E-state index contributed by atoms with van der Waals surface area (Å²) in [6.45, 7) is 1.17. The minimum atomic E-state index is -0.106. The maximum absolute atomic E-state index is 11.0. The summed E-state index contributed by atoms with van der Waals surface area (Å²) in [5.41, 5.74) is 5.32. The van der Waals surface area contributed by atoms with Crippen LogP contribution < -0.4 is 11.1 Å². The molecule has 4 heteroatoms. The van der Waals surface area contributed by atoms with Gasteiger partial charge in [0.25, 0.3) is 0 Å². The Balaban J connectivity index is 1.63. The average Bonchev–Trinajstić information content (AvgIpc) is 2.80. The van der Waals surface area contributed by atoms with Gasteiger partial charge in [-0.3, -0.25) is 4.79 Å². The number of thioether (sulfide) groups is 1. The van der Waals surface area contributed by atoms with Gasteiger partial charge < -0.3 is 11.1 Å². The van der Waals surface area contributed by atoms with Gasteiger partial charge >= 0.3 is 0 Å². The Morgan fingerprint density at radius 1 is 1.25 bits per heavy atom. The summed E-state index contributed by atoms with van der Waals surface area (Å²) in [6.07, 6.45) is 5.56. The van der Waals surface area contributed by atoms with E-state index in [2.05, 4.69) is 17.1 Å². The van der Waals surface area contributed by atoms with Gasteiger partial charge in [0.1, 0.15) is 0 Å². The van der Waals surface area contributed by atoms with Crippen LogP contribution in [0.15, 0.2) is 0 Å². The van der Waals surface area contributed by atoms with Crippen LogP contribution in [0, 0.1) is 11.8 Å². The zero-order valence-electron chi connectivity index (χ0n) is 9.78. The third-order valence-electron chi connectivity index (χ3n) is 3.85. The molecule has 0 aromatic rings. The Bertz CT molecular complexity index is 233. The molecule has 1 aliphatic carbocycles. The molecule has 1 atom stereocenters. The van der Waals surface area contributed by atoms with Crippen molar-refractivity contribution in [3.63, 3.8) is 0 Å². The Morgan fingerprint density at radius 2 is 2.00 bits per heavy atom. The second kappa shape index (κ2) is 5.92. The summed E-state index contributed by atoms with van der Waals surface area (Å²) in [4.78, 5) is 11.0. The molecule has 3 N–H and O–H groups in total. The zero-order valence-corrected chi connectivity index (χ0v) is 10.6. The van der Waals surface area contributed by atoms with Gasteiger partial charge in [0.05, 0.1) is 0 Å². The fourth-order valence-corrected chi connectivity index (χ4v) is 3.94. The third-order valence-corrected chi connectivity index (χ3v) is 5.08. The standard InChI is InChI=1S/C12H22N2OS/c13-12(15)10-1-3-11(4-2-10)14-7-9-5-6-16-8-9/h9-11,14H,1-8H2,(H2,13,15). The Hall–Kier alpha value is -0.220. The van der Waals surface area contributed by atoms with Crippen molar-refractivity contribution in [3.05, 3.63) is 0 Å². The lowest BCUT2D eigenvalue weighted by atomic mass is 9.85. The Kier molecular flexibility index (Phi) is 4.53. The molecule has 0 aromatic carbocycles. The van der Waals surface area contributed by atoms with Gasteiger partial charge in [-0.05, 0) is 56.1 Å². The first-order chi connectivity index (χ1) is 7.75. The molecule has 0 aromatic heterocycles. The molecule has 1 unspecified atom stereocenters. The average molecular weight is 242 g/mol. The van der Waals surface area contributed by atoms with Crippen LogP contribution in [0.25, 0.3) is 0 Å². The number of nitrogens with two attached hydrogens (primary N) is 1. The van der Waals surface area contributed by atoms with E-state index in [9.17, 15) is 4.79 Å². The van der Waals surface area contributed by atoms with Gasteiger partial charge in [-0.25, -0.2) is 0 Å². The normalized spacial score (nSPS) is 35.1. The molecule has 16 heavy (non-hydrogen) atoms. The van der Waals surface area contributed by atoms with E-state index in [1.54, 1.807) is 0 Å². The van der Waals surface area contributed by atoms with Crippen molar-refractivity contribution in [1.82, 2.24) is 5.32 Å². The van der Waals surface area contributed by atoms with Gasteiger partial charge in [-0.1, -0.05) is 0 Å². The summed E-state index contributed by atoms with van der Waals surface area (Å²) < 4.78 is 0. The molecule has 1 amide bonds. The monoisotopic (exact) mass is 242 g/mol. The molecule has 3 nitrogen and oxygen atoms in total. The Morgan fingerprint density at radius 3 is 2.56 bits per heavy atom. The van der Waals surface area contributed by atoms with E-state index in [0.717, 1.165) is 31.6 Å². The quantitative estimate of drug-likeness (QED) is 0.783. The highest BCUT2D eigenvalue weighted by Crippen LogP contribution is 2.26. The number of hydrogen-bond donors (Lipinski definition) is 2. The van der Waals surface area contributed by atoms with Crippen LogP contribution in [0.3, 0.4) is 0 Å². The van der Waals surface area contributed by atoms with Gasteiger partial charge in [-0.2, -0.15) is 11.8 Å². The molecular formula is C12H22N2OS. The molecule has 1 aliphatic heterocycles. The summed E-state index contributed by atoms with van der Waals surface area (Å²) in [5.74, 6) is 3.56. The van der Waals surface area contributed by atoms with E-state index >= 15 is 0 Å². The van der Waals surface area contributed by atoms with Crippen molar-refractivity contribution in [3.8, 4) is 0 Å². The highest BCUT2D eigenvalue weighted by atomic mass is 32.2. The minimum Gasteiger partial charge on any atom is -0.369 e. The zero-order chi connectivity index (χ0) is 11.4. The SMILES string of the molecule is NC(=O)C1CCC(NCC2CCSC2)CC1. The van der Waals surface area contributed by atoms with E-state index in [0.29, 0.717) is 6.04 Å². The lowest BCUT2D eigenvalue weighted by molar-refractivity contribution is -0.122. The molecule has 1 saturated heterocycles. The van der Waals surface area contributed by atoms with E-state index in [4.69, 9.17) is 5.73 Å². The largest absolute Gasteiger partial charge is 0.369 e. The molecule has 2 rings (SSSR count). The van der Waals surface area contributed by atoms with Crippen molar-refractivity contribution >= 4 is 17.7 Å². The molecule has 92 valence electrons. The smallest absolute Gasteiger partial charge is 0.220 e. The van der Waals surface area contributed by atoms with Gasteiger partial charge in [0.15, 0.2) is 0 Å². The summed E-state index contributed by atoms with van der Waals surface area (Å²) in [5, 5.41) is 3.66. The first kappa shape index (κ1) is 12.2. The summed E-state index contributed by atoms with van der Waals surface area (Å²) in [6, 6.07) is 0.626. The van der Waals surface area contributed by atoms with E-state index in [1.165, 1.54) is 24.5 Å². The highest BCUT2D eigenvalue weighted by Gasteiger charge is 2.25. The second-order valence-electron chi connectivity index (χ2n) is 5.09. The minimum absolute atomic E-state index is 0.106. The van der Waals surface area contributed by atoms with Crippen LogP contribution in [-0.4, -0.2) is 30.0 Å². The second-order valence-corrected chi connectivity index (χ2v) is 6.24. The lowest BCUT2D eigenvalue weighted by Crippen LogP contribution is -2.38. The number of rotatable bonds is 4. The van der Waals surface area contributed by atoms with Gasteiger partial charge in [-0.15, -0.1) is 0 Å². The fraction of sp³-hybridized carbons (Fsp3) is 0.917. The van der Waals surface area contributed by atoms with Crippen molar-refractivity contribution in [2.24, 2.45) is 17.6 Å². The molecule has 1 heterocycles. The number of hydrogen-bond acceptors (Lipinski definition) is 3. The van der Waals surface area contributed by atoms with Crippen LogP contribution in [0.4, 0.5) is 0 Å². The summed E-state index contributed by atoms with van der Waals surface area (Å²) in [7, 11) is 0. The van der Waals surface area contributed by atoms with Crippen molar-refractivity contribution < 1.29 is 4.79 Å². The lowest BCUT2D eigenvalue weighted by Gasteiger charge is -2.28. The number of amides is 1. The molecule has 0 spiro atoms. The van der Waals surface area contributed by atoms with E-state index in [-0.39, 0.29) is 11.8 Å². The predicted molar refractivity (Wildman–Crippen MR) is 68.4 cm³/mol. The van der Waals surface area contributed by atoms with Crippen LogP contribution in [0.1, 0.15) is 32.1 Å². The first-order valence-corrected chi connectivity index (χ1v) is 7.51. The number of carbonyl (C=O) groups excluding carboxylic acids is 1. The maximum Gasteiger partial charge on any atom is 0.220 e. The Labute approximate surface area is 102 Å². The van der Waals surface area contributed by atoms with Crippen molar-refractivity contribution in [2.75, 3.05) is 18.1 Å². The van der Waals surface area contributed by atoms with E-state index in [1.807, 2.05) is 0 Å². The van der Waals surface area contributed by atoms with Gasteiger partial charge in [0.2, 0.25) is 5.91 Å². The maximum atomic E-state index is 11.0. The third kappa shape index (κ3) is 3.39. The number of primary amides is 1. The van der Waals surface area contributed by atoms with Crippen LogP contribution in [-0.2, 0) is 4.79 Å². The van der Waals surface area contributed by atoms with Gasteiger partial charge in [0, 0.05) is 12.0 Å². The van der Waals surface area contributed by atoms with E-state index < -0.39 is 0 Å². The van der Waals surface area contributed by atoms with Crippen molar-refractivity contribution in [1.29, 1.82) is 0 Å². The summed E-state index contributed by atoms with van der Waals surface area (Å²) >= 11 is 2.07. The molecular weight excluding hydrogens is 220 g/mol. The number of carbonyl (C=O) groups is 1. The van der Waals surface area contributed by atoms with Crippen LogP contribution >= 0.6 is 11.8 Å². The predicted octanol–water partition coefficient (Wildman–Crippen LogP) is 1.37. The molecule has 0 bridgehead atoms. The van der Waals surface area contributed by atoms with Crippen molar-refractivity contribution in [2.45, 2.75) is 38.1 Å². The topological polar surface area (TPSA) is 55.1 Å². The molecule has 0 radical (unpaired) electrons. The van der Waals surface area contributed by atoms with Crippen LogP contribution in [0.2, 0.25) is 0 Å². The first-order valence-electron chi connectivity index (χ1n) is 6.36. The highest BCUT2D eigenvalue weighted by molar-refractivity contribution is 7.99. The van der Waals surface area contributed by atoms with Crippen LogP contribution in [0.5, 0.6) is 0 Å². The molecule has 2 aliphatic rings. The molecule has 2 fully saturated rings. The number of nitrogens with one attached hydrogen (secondary N) is 1.